The number of aromatic hydroxyl groups is 1. The van der Waals surface area contributed by atoms with Gasteiger partial charge in [-0.3, -0.25) is 0 Å². The van der Waals surface area contributed by atoms with Gasteiger partial charge in [0.05, 0.1) is 14.2 Å². The van der Waals surface area contributed by atoms with Crippen LogP contribution in [0, 0.1) is 0 Å². The zero-order chi connectivity index (χ0) is 17.3. The topological polar surface area (TPSA) is 47.9 Å². The van der Waals surface area contributed by atoms with Crippen LogP contribution in [0.15, 0.2) is 48.5 Å². The van der Waals surface area contributed by atoms with Gasteiger partial charge in [0.15, 0.2) is 29.6 Å². The fourth-order valence-electron chi connectivity index (χ4n) is 1.53. The van der Waals surface area contributed by atoms with E-state index in [0.29, 0.717) is 5.75 Å². The lowest BCUT2D eigenvalue weighted by Gasteiger charge is -2.11. The summed E-state index contributed by atoms with van der Waals surface area (Å²) in [6, 6.07) is 13.0. The summed E-state index contributed by atoms with van der Waals surface area (Å²) in [5.74, 6) is 1.07. The Hall–Kier alpha value is -2.57. The van der Waals surface area contributed by atoms with E-state index in [2.05, 4.69) is 4.74 Å². The van der Waals surface area contributed by atoms with Crippen LogP contribution >= 0.6 is 0 Å². The number of para-hydroxylation sites is 4. The predicted molar refractivity (Wildman–Crippen MR) is 79.2 cm³/mol. The smallest absolute Gasteiger partial charge is 0.422 e. The number of phenols is 1. The summed E-state index contributed by atoms with van der Waals surface area (Å²) < 4.78 is 49.6. The highest BCUT2D eigenvalue weighted by molar-refractivity contribution is 5.39. The predicted octanol–water partition coefficient (Wildman–Crippen LogP) is 4.04. The first-order chi connectivity index (χ1) is 10.9. The molecule has 0 spiro atoms. The average molecular weight is 330 g/mol. The molecule has 7 heteroatoms. The van der Waals surface area contributed by atoms with E-state index < -0.39 is 12.8 Å². The van der Waals surface area contributed by atoms with E-state index >= 15 is 0 Å². The van der Waals surface area contributed by atoms with Crippen molar-refractivity contribution in [2.75, 3.05) is 20.8 Å². The van der Waals surface area contributed by atoms with E-state index in [1.165, 1.54) is 26.4 Å². The molecule has 0 unspecified atom stereocenters. The minimum Gasteiger partial charge on any atom is -0.504 e. The maximum absolute atomic E-state index is 11.8. The van der Waals surface area contributed by atoms with Crippen LogP contribution in [-0.2, 0) is 0 Å². The van der Waals surface area contributed by atoms with Crippen molar-refractivity contribution >= 4 is 0 Å². The van der Waals surface area contributed by atoms with Crippen molar-refractivity contribution in [3.05, 3.63) is 48.5 Å². The van der Waals surface area contributed by atoms with Crippen molar-refractivity contribution in [3.8, 4) is 23.0 Å². The van der Waals surface area contributed by atoms with Gasteiger partial charge in [0.1, 0.15) is 0 Å². The lowest BCUT2D eigenvalue weighted by molar-refractivity contribution is -0.153. The molecule has 4 nitrogen and oxygen atoms in total. The third-order valence-corrected chi connectivity index (χ3v) is 2.55. The molecule has 0 saturated carbocycles. The molecule has 0 radical (unpaired) electrons. The zero-order valence-corrected chi connectivity index (χ0v) is 12.6. The molecular formula is C16H17F3O4. The van der Waals surface area contributed by atoms with Gasteiger partial charge >= 0.3 is 6.18 Å². The Morgan fingerprint density at radius 2 is 1.30 bits per heavy atom. The van der Waals surface area contributed by atoms with E-state index in [-0.39, 0.29) is 17.2 Å². The SMILES string of the molecule is COc1ccccc1O.COc1ccccc1OCC(F)(F)F. The van der Waals surface area contributed by atoms with Gasteiger partial charge in [-0.05, 0) is 24.3 Å². The van der Waals surface area contributed by atoms with Gasteiger partial charge in [-0.25, -0.2) is 0 Å². The summed E-state index contributed by atoms with van der Waals surface area (Å²) in [5.41, 5.74) is 0. The quantitative estimate of drug-likeness (QED) is 0.919. The Morgan fingerprint density at radius 1 is 0.826 bits per heavy atom. The fourth-order valence-corrected chi connectivity index (χ4v) is 1.53. The van der Waals surface area contributed by atoms with E-state index in [1.54, 1.807) is 36.4 Å². The molecule has 0 heterocycles. The van der Waals surface area contributed by atoms with Gasteiger partial charge in [0.2, 0.25) is 0 Å². The Kier molecular flexibility index (Phi) is 7.05. The molecule has 0 saturated heterocycles. The van der Waals surface area contributed by atoms with Gasteiger partial charge in [0.25, 0.3) is 0 Å². The average Bonchev–Trinajstić information content (AvgIpc) is 2.53. The first kappa shape index (κ1) is 18.5. The second-order valence-corrected chi connectivity index (χ2v) is 4.23. The van der Waals surface area contributed by atoms with Crippen molar-refractivity contribution in [1.29, 1.82) is 0 Å². The first-order valence-corrected chi connectivity index (χ1v) is 6.52. The molecule has 0 atom stereocenters. The number of rotatable bonds is 4. The Balaban J connectivity index is 0.000000253. The van der Waals surface area contributed by atoms with Gasteiger partial charge in [-0.15, -0.1) is 0 Å². The standard InChI is InChI=1S/C9H9F3O2.C7H8O2/c1-13-7-4-2-3-5-8(7)14-6-9(10,11)12;1-9-7-5-3-2-4-6(7)8/h2-5H,6H2,1H3;2-5,8H,1H3. The Bertz CT molecular complexity index is 600. The minimum atomic E-state index is -4.33. The molecule has 0 aliphatic carbocycles. The monoisotopic (exact) mass is 330 g/mol. The molecule has 0 aromatic heterocycles. The number of hydrogen-bond acceptors (Lipinski definition) is 4. The highest BCUT2D eigenvalue weighted by atomic mass is 19.4. The lowest BCUT2D eigenvalue weighted by Crippen LogP contribution is -2.19. The third kappa shape index (κ3) is 6.82. The molecule has 2 rings (SSSR count). The van der Waals surface area contributed by atoms with Crippen molar-refractivity contribution in [2.24, 2.45) is 0 Å². The summed E-state index contributed by atoms with van der Waals surface area (Å²) in [7, 11) is 2.89. The Labute approximate surface area is 132 Å². The summed E-state index contributed by atoms with van der Waals surface area (Å²) in [5, 5.41) is 8.99. The number of halogens is 3. The summed E-state index contributed by atoms with van der Waals surface area (Å²) in [6.45, 7) is -1.31. The van der Waals surface area contributed by atoms with Gasteiger partial charge in [-0.2, -0.15) is 13.2 Å². The summed E-state index contributed by atoms with van der Waals surface area (Å²) in [4.78, 5) is 0. The van der Waals surface area contributed by atoms with Crippen LogP contribution in [-0.4, -0.2) is 32.1 Å². The summed E-state index contributed by atoms with van der Waals surface area (Å²) >= 11 is 0. The highest BCUT2D eigenvalue weighted by Crippen LogP contribution is 2.27. The van der Waals surface area contributed by atoms with Crippen LogP contribution < -0.4 is 14.2 Å². The van der Waals surface area contributed by atoms with E-state index in [4.69, 9.17) is 14.6 Å². The third-order valence-electron chi connectivity index (χ3n) is 2.55. The molecule has 2 aromatic carbocycles. The maximum Gasteiger partial charge on any atom is 0.422 e. The van der Waals surface area contributed by atoms with Crippen molar-refractivity contribution < 1.29 is 32.5 Å². The maximum atomic E-state index is 11.8. The van der Waals surface area contributed by atoms with Gasteiger partial charge in [-0.1, -0.05) is 24.3 Å². The molecule has 126 valence electrons. The zero-order valence-electron chi connectivity index (χ0n) is 12.6. The molecule has 0 fully saturated rings. The summed E-state index contributed by atoms with van der Waals surface area (Å²) in [6.07, 6.45) is -4.33. The number of benzene rings is 2. The number of methoxy groups -OCH3 is 2. The normalized spacial score (nSPS) is 10.3. The van der Waals surface area contributed by atoms with Crippen LogP contribution in [0.1, 0.15) is 0 Å². The fraction of sp³-hybridized carbons (Fsp3) is 0.250. The number of phenolic OH excluding ortho intramolecular Hbond substituents is 1. The first-order valence-electron chi connectivity index (χ1n) is 6.52. The van der Waals surface area contributed by atoms with Crippen molar-refractivity contribution in [2.45, 2.75) is 6.18 Å². The van der Waals surface area contributed by atoms with E-state index in [0.717, 1.165) is 0 Å². The minimum absolute atomic E-state index is 0.0901. The lowest BCUT2D eigenvalue weighted by atomic mass is 10.3. The molecule has 0 bridgehead atoms. The molecule has 0 aliphatic rings. The van der Waals surface area contributed by atoms with E-state index in [1.807, 2.05) is 0 Å². The number of hydrogen-bond donors (Lipinski definition) is 1. The second kappa shape index (κ2) is 8.77. The van der Waals surface area contributed by atoms with Crippen LogP contribution in [0.4, 0.5) is 13.2 Å². The number of ether oxygens (including phenoxy) is 3. The molecule has 1 N–H and O–H groups in total. The van der Waals surface area contributed by atoms with Gasteiger partial charge in [0, 0.05) is 0 Å². The number of alkyl halides is 3. The van der Waals surface area contributed by atoms with Crippen LogP contribution in [0.5, 0.6) is 23.0 Å². The van der Waals surface area contributed by atoms with Gasteiger partial charge < -0.3 is 19.3 Å². The van der Waals surface area contributed by atoms with Crippen molar-refractivity contribution in [1.82, 2.24) is 0 Å². The molecule has 23 heavy (non-hydrogen) atoms. The second-order valence-electron chi connectivity index (χ2n) is 4.23. The van der Waals surface area contributed by atoms with Crippen LogP contribution in [0.2, 0.25) is 0 Å². The van der Waals surface area contributed by atoms with Crippen LogP contribution in [0.3, 0.4) is 0 Å². The molecule has 0 amide bonds. The largest absolute Gasteiger partial charge is 0.504 e. The van der Waals surface area contributed by atoms with Crippen molar-refractivity contribution in [3.63, 3.8) is 0 Å². The molecule has 0 aliphatic heterocycles. The highest BCUT2D eigenvalue weighted by Gasteiger charge is 2.28. The molecular weight excluding hydrogens is 313 g/mol. The van der Waals surface area contributed by atoms with E-state index in [9.17, 15) is 13.2 Å². The Morgan fingerprint density at radius 3 is 1.74 bits per heavy atom. The molecule has 2 aromatic rings. The van der Waals surface area contributed by atoms with Crippen LogP contribution in [0.25, 0.3) is 0 Å².